The molecule has 0 bridgehead atoms. The van der Waals surface area contributed by atoms with Crippen molar-refractivity contribution in [1.29, 1.82) is 0 Å². The normalized spacial score (nSPS) is 22.0. The van der Waals surface area contributed by atoms with Gasteiger partial charge in [-0.25, -0.2) is 0 Å². The highest BCUT2D eigenvalue weighted by Gasteiger charge is 2.19. The smallest absolute Gasteiger partial charge is 0.223 e. The van der Waals surface area contributed by atoms with Crippen molar-refractivity contribution in [2.75, 3.05) is 13.2 Å². The van der Waals surface area contributed by atoms with Gasteiger partial charge >= 0.3 is 0 Å². The van der Waals surface area contributed by atoms with Gasteiger partial charge in [0.15, 0.2) is 0 Å². The third-order valence-corrected chi connectivity index (χ3v) is 3.30. The number of carbonyl (C=O) groups is 1. The topological polar surface area (TPSA) is 38.3 Å². The second kappa shape index (κ2) is 7.66. The monoisotopic (exact) mass is 227 g/mol. The number of carbonyl (C=O) groups excluding carboxylic acids is 1. The fourth-order valence-corrected chi connectivity index (χ4v) is 2.14. The summed E-state index contributed by atoms with van der Waals surface area (Å²) in [6.45, 7) is 5.80. The van der Waals surface area contributed by atoms with Crippen LogP contribution < -0.4 is 5.32 Å². The molecule has 0 saturated carbocycles. The summed E-state index contributed by atoms with van der Waals surface area (Å²) in [7, 11) is 0. The van der Waals surface area contributed by atoms with Crippen LogP contribution >= 0.6 is 0 Å². The Kier molecular flexibility index (Phi) is 6.46. The molecule has 1 saturated heterocycles. The van der Waals surface area contributed by atoms with E-state index in [2.05, 4.69) is 19.2 Å². The molecule has 16 heavy (non-hydrogen) atoms. The van der Waals surface area contributed by atoms with Crippen molar-refractivity contribution >= 4 is 5.91 Å². The van der Waals surface area contributed by atoms with E-state index < -0.39 is 0 Å². The summed E-state index contributed by atoms with van der Waals surface area (Å²) in [5, 5.41) is 3.02. The van der Waals surface area contributed by atoms with Gasteiger partial charge in [0.2, 0.25) is 5.91 Å². The molecule has 0 aromatic rings. The quantitative estimate of drug-likeness (QED) is 0.725. The lowest BCUT2D eigenvalue weighted by Crippen LogP contribution is -2.36. The van der Waals surface area contributed by atoms with E-state index in [4.69, 9.17) is 4.74 Å². The summed E-state index contributed by atoms with van der Waals surface area (Å²) in [5.74, 6) is 0.410. The molecule has 1 heterocycles. The zero-order valence-electron chi connectivity index (χ0n) is 10.6. The average Bonchev–Trinajstić information content (AvgIpc) is 2.80. The van der Waals surface area contributed by atoms with E-state index in [1.807, 2.05) is 0 Å². The molecule has 0 spiro atoms. The molecular formula is C13H25NO2. The Balaban J connectivity index is 2.19. The fraction of sp³-hybridized carbons (Fsp3) is 0.923. The maximum atomic E-state index is 11.9. The largest absolute Gasteiger partial charge is 0.376 e. The van der Waals surface area contributed by atoms with E-state index in [9.17, 15) is 4.79 Å². The van der Waals surface area contributed by atoms with Crippen molar-refractivity contribution in [3.05, 3.63) is 0 Å². The average molecular weight is 227 g/mol. The summed E-state index contributed by atoms with van der Waals surface area (Å²) in [6, 6.07) is 0. The van der Waals surface area contributed by atoms with Crippen LogP contribution in [0.3, 0.4) is 0 Å². The lowest BCUT2D eigenvalue weighted by Gasteiger charge is -2.16. The number of unbranched alkanes of at least 4 members (excludes halogenated alkanes) is 1. The molecule has 1 aliphatic rings. The number of amides is 1. The molecule has 2 atom stereocenters. The first-order chi connectivity index (χ1) is 7.77. The molecule has 0 aromatic heterocycles. The highest BCUT2D eigenvalue weighted by atomic mass is 16.5. The van der Waals surface area contributed by atoms with E-state index in [1.54, 1.807) is 0 Å². The van der Waals surface area contributed by atoms with Gasteiger partial charge in [-0.15, -0.1) is 0 Å². The van der Waals surface area contributed by atoms with Gasteiger partial charge in [-0.1, -0.05) is 26.7 Å². The van der Waals surface area contributed by atoms with Gasteiger partial charge in [0.1, 0.15) is 0 Å². The van der Waals surface area contributed by atoms with Crippen molar-refractivity contribution in [3.63, 3.8) is 0 Å². The number of rotatable bonds is 7. The van der Waals surface area contributed by atoms with Crippen molar-refractivity contribution in [1.82, 2.24) is 5.32 Å². The van der Waals surface area contributed by atoms with E-state index in [0.717, 1.165) is 45.1 Å². The van der Waals surface area contributed by atoms with Crippen LogP contribution in [0.4, 0.5) is 0 Å². The van der Waals surface area contributed by atoms with Crippen LogP contribution in [0.15, 0.2) is 0 Å². The second-order valence-corrected chi connectivity index (χ2v) is 4.63. The molecule has 1 amide bonds. The van der Waals surface area contributed by atoms with E-state index in [1.165, 1.54) is 0 Å². The summed E-state index contributed by atoms with van der Waals surface area (Å²) in [5.41, 5.74) is 0. The zero-order valence-corrected chi connectivity index (χ0v) is 10.6. The van der Waals surface area contributed by atoms with E-state index in [0.29, 0.717) is 6.54 Å². The molecule has 3 heteroatoms. The van der Waals surface area contributed by atoms with Crippen molar-refractivity contribution < 1.29 is 9.53 Å². The SMILES string of the molecule is CCCCC(CC)C(=O)NCC1CCCO1. The molecule has 1 rings (SSSR count). The molecule has 2 unspecified atom stereocenters. The Morgan fingerprint density at radius 1 is 1.50 bits per heavy atom. The van der Waals surface area contributed by atoms with Gasteiger partial charge in [0, 0.05) is 19.1 Å². The van der Waals surface area contributed by atoms with Crippen LogP contribution in [0.2, 0.25) is 0 Å². The van der Waals surface area contributed by atoms with E-state index in [-0.39, 0.29) is 17.9 Å². The van der Waals surface area contributed by atoms with E-state index >= 15 is 0 Å². The van der Waals surface area contributed by atoms with Crippen molar-refractivity contribution in [2.24, 2.45) is 5.92 Å². The molecule has 94 valence electrons. The number of nitrogens with one attached hydrogen (secondary N) is 1. The van der Waals surface area contributed by atoms with Crippen molar-refractivity contribution in [3.8, 4) is 0 Å². The van der Waals surface area contributed by atoms with Gasteiger partial charge in [0.05, 0.1) is 6.10 Å². The van der Waals surface area contributed by atoms with Crippen LogP contribution in [0, 0.1) is 5.92 Å². The number of ether oxygens (including phenoxy) is 1. The summed E-state index contributed by atoms with van der Waals surface area (Å²) in [4.78, 5) is 11.9. The number of hydrogen-bond donors (Lipinski definition) is 1. The molecule has 0 aliphatic carbocycles. The molecule has 3 nitrogen and oxygen atoms in total. The van der Waals surface area contributed by atoms with Gasteiger partial charge in [0.25, 0.3) is 0 Å². The first-order valence-corrected chi connectivity index (χ1v) is 6.67. The van der Waals surface area contributed by atoms with Crippen LogP contribution in [0.25, 0.3) is 0 Å². The van der Waals surface area contributed by atoms with Gasteiger partial charge in [-0.2, -0.15) is 0 Å². The molecule has 1 N–H and O–H groups in total. The first-order valence-electron chi connectivity index (χ1n) is 6.67. The zero-order chi connectivity index (χ0) is 11.8. The predicted molar refractivity (Wildman–Crippen MR) is 65.3 cm³/mol. The standard InChI is InChI=1S/C13H25NO2/c1-3-5-7-11(4-2)13(15)14-10-12-8-6-9-16-12/h11-12H,3-10H2,1-2H3,(H,14,15). The van der Waals surface area contributed by atoms with Crippen LogP contribution in [0.5, 0.6) is 0 Å². The minimum Gasteiger partial charge on any atom is -0.376 e. The van der Waals surface area contributed by atoms with Crippen LogP contribution in [-0.2, 0) is 9.53 Å². The third kappa shape index (κ3) is 4.52. The lowest BCUT2D eigenvalue weighted by molar-refractivity contribution is -0.125. The second-order valence-electron chi connectivity index (χ2n) is 4.63. The van der Waals surface area contributed by atoms with Gasteiger partial charge in [-0.05, 0) is 25.7 Å². The first kappa shape index (κ1) is 13.5. The molecular weight excluding hydrogens is 202 g/mol. The minimum absolute atomic E-state index is 0.196. The minimum atomic E-state index is 0.196. The Morgan fingerprint density at radius 2 is 2.31 bits per heavy atom. The lowest BCUT2D eigenvalue weighted by atomic mass is 9.98. The molecule has 0 aromatic carbocycles. The van der Waals surface area contributed by atoms with Crippen LogP contribution in [-0.4, -0.2) is 25.2 Å². The van der Waals surface area contributed by atoms with Crippen molar-refractivity contribution in [2.45, 2.75) is 58.5 Å². The maximum absolute atomic E-state index is 11.9. The fourth-order valence-electron chi connectivity index (χ4n) is 2.14. The highest BCUT2D eigenvalue weighted by molar-refractivity contribution is 5.78. The van der Waals surface area contributed by atoms with Crippen LogP contribution in [0.1, 0.15) is 52.4 Å². The highest BCUT2D eigenvalue weighted by Crippen LogP contribution is 2.14. The summed E-state index contributed by atoms with van der Waals surface area (Å²) >= 11 is 0. The Bertz CT molecular complexity index is 200. The Labute approximate surface area is 98.9 Å². The molecule has 1 aliphatic heterocycles. The summed E-state index contributed by atoms with van der Waals surface area (Å²) < 4.78 is 5.48. The third-order valence-electron chi connectivity index (χ3n) is 3.30. The summed E-state index contributed by atoms with van der Waals surface area (Å²) in [6.07, 6.45) is 6.75. The Morgan fingerprint density at radius 3 is 2.88 bits per heavy atom. The van der Waals surface area contributed by atoms with Gasteiger partial charge < -0.3 is 10.1 Å². The molecule has 1 fully saturated rings. The number of hydrogen-bond acceptors (Lipinski definition) is 2. The Hall–Kier alpha value is -0.570. The van der Waals surface area contributed by atoms with Gasteiger partial charge in [-0.3, -0.25) is 4.79 Å². The molecule has 0 radical (unpaired) electrons. The predicted octanol–water partition coefficient (Wildman–Crippen LogP) is 2.50. The maximum Gasteiger partial charge on any atom is 0.223 e.